The molecule has 8 nitrogen and oxygen atoms in total. The Hall–Kier alpha value is -3.80. The topological polar surface area (TPSA) is 109 Å². The number of anilines is 2. The summed E-state index contributed by atoms with van der Waals surface area (Å²) in [7, 11) is 0. The monoisotopic (exact) mass is 630 g/mol. The van der Waals surface area contributed by atoms with Gasteiger partial charge in [0.15, 0.2) is 5.82 Å². The molecule has 0 saturated carbocycles. The average Bonchev–Trinajstić information content (AvgIpc) is 3.71. The van der Waals surface area contributed by atoms with Crippen LogP contribution in [0.1, 0.15) is 36.8 Å². The Morgan fingerprint density at radius 1 is 1.16 bits per heavy atom. The van der Waals surface area contributed by atoms with Crippen molar-refractivity contribution in [3.8, 4) is 23.2 Å². The Morgan fingerprint density at radius 2 is 1.93 bits per heavy atom. The number of nitriles is 1. The van der Waals surface area contributed by atoms with E-state index in [2.05, 4.69) is 15.3 Å². The number of hydrogen-bond donors (Lipinski definition) is 2. The highest BCUT2D eigenvalue weighted by atomic mass is 32.1. The van der Waals surface area contributed by atoms with Crippen molar-refractivity contribution < 1.29 is 31.4 Å². The number of nitrogen functional groups attached to an aromatic ring is 1. The van der Waals surface area contributed by atoms with E-state index < -0.39 is 28.9 Å². The molecule has 0 aliphatic carbocycles. The van der Waals surface area contributed by atoms with Crippen molar-refractivity contribution in [1.29, 1.82) is 5.26 Å². The van der Waals surface area contributed by atoms with Gasteiger partial charge in [-0.05, 0) is 49.3 Å². The van der Waals surface area contributed by atoms with Gasteiger partial charge in [-0.3, -0.25) is 0 Å². The Bertz CT molecular complexity index is 1800. The van der Waals surface area contributed by atoms with Crippen LogP contribution < -0.4 is 20.7 Å². The number of nitrogens with two attached hydrogens (primary N) is 1. The molecule has 14 heteroatoms. The molecule has 44 heavy (non-hydrogen) atoms. The van der Waals surface area contributed by atoms with Gasteiger partial charge in [0.25, 0.3) is 0 Å². The lowest BCUT2D eigenvalue weighted by atomic mass is 9.92. The van der Waals surface area contributed by atoms with Crippen LogP contribution in [0.25, 0.3) is 32.1 Å². The minimum atomic E-state index is -5.02. The van der Waals surface area contributed by atoms with Gasteiger partial charge in [0.05, 0.1) is 22.4 Å². The number of nitrogens with zero attached hydrogens (tertiary/aromatic N) is 4. The first kappa shape index (κ1) is 28.9. The van der Waals surface area contributed by atoms with Crippen molar-refractivity contribution in [2.75, 3.05) is 43.5 Å². The summed E-state index contributed by atoms with van der Waals surface area (Å²) in [5, 5.41) is 12.9. The van der Waals surface area contributed by atoms with Gasteiger partial charge in [0.1, 0.15) is 28.2 Å². The SMILES string of the molecule is N#Cc1c(N)sc2c(F)ccc(-c3c(C(F)(F)F)cc4c(N5CC6CC[C@H](C5)N6)nc(OCCC5CCOC5)nc4c3F)c12. The van der Waals surface area contributed by atoms with Crippen LogP contribution in [0, 0.1) is 28.9 Å². The van der Waals surface area contributed by atoms with Crippen LogP contribution in [-0.2, 0) is 10.9 Å². The van der Waals surface area contributed by atoms with Crippen molar-refractivity contribution in [2.24, 2.45) is 5.92 Å². The summed E-state index contributed by atoms with van der Waals surface area (Å²) < 4.78 is 87.1. The summed E-state index contributed by atoms with van der Waals surface area (Å²) in [5.74, 6) is -1.60. The molecule has 4 aromatic rings. The molecule has 0 amide bonds. The smallest absolute Gasteiger partial charge is 0.417 e. The number of piperazine rings is 1. The second-order valence-corrected chi connectivity index (χ2v) is 12.6. The standard InChI is InChI=1S/C30H27F5N6O2S/c31-21-4-3-17(22-19(10-36)27(37)44-26(21)22)23-20(30(33,34)35)9-18-25(24(23)32)39-29(43-8-6-14-5-7-42-13-14)40-28(18)41-11-15-1-2-16(12-41)38-15/h3-4,9,14-16,38H,1-2,5-8,11-13,37H2/t14?,15-,16?/m1/s1. The highest BCUT2D eigenvalue weighted by Gasteiger charge is 2.40. The number of benzene rings is 2. The lowest BCUT2D eigenvalue weighted by molar-refractivity contribution is -0.137. The molecule has 3 aliphatic heterocycles. The first-order valence-electron chi connectivity index (χ1n) is 14.4. The minimum Gasteiger partial charge on any atom is -0.463 e. The molecule has 3 atom stereocenters. The molecule has 3 N–H and O–H groups in total. The number of fused-ring (bicyclic) bond motifs is 4. The van der Waals surface area contributed by atoms with E-state index in [0.29, 0.717) is 38.6 Å². The molecule has 2 bridgehead atoms. The first-order valence-corrected chi connectivity index (χ1v) is 15.2. The Kier molecular flexibility index (Phi) is 7.22. The van der Waals surface area contributed by atoms with Gasteiger partial charge in [-0.1, -0.05) is 6.07 Å². The molecule has 0 spiro atoms. The maximum Gasteiger partial charge on any atom is 0.417 e. The van der Waals surface area contributed by atoms with Crippen LogP contribution in [-0.4, -0.2) is 55.0 Å². The van der Waals surface area contributed by atoms with E-state index in [1.807, 2.05) is 11.0 Å². The summed E-state index contributed by atoms with van der Waals surface area (Å²) in [4.78, 5) is 10.7. The van der Waals surface area contributed by atoms with Gasteiger partial charge < -0.3 is 25.4 Å². The number of alkyl halides is 3. The highest BCUT2D eigenvalue weighted by molar-refractivity contribution is 7.23. The van der Waals surface area contributed by atoms with E-state index in [1.54, 1.807) is 0 Å². The van der Waals surface area contributed by atoms with E-state index >= 15 is 4.39 Å². The number of rotatable bonds is 6. The average molecular weight is 631 g/mol. The summed E-state index contributed by atoms with van der Waals surface area (Å²) in [6.07, 6.45) is -1.65. The van der Waals surface area contributed by atoms with Gasteiger partial charge in [0.2, 0.25) is 0 Å². The fourth-order valence-corrected chi connectivity index (χ4v) is 7.54. The van der Waals surface area contributed by atoms with Gasteiger partial charge in [-0.15, -0.1) is 11.3 Å². The molecule has 0 radical (unpaired) electrons. The van der Waals surface area contributed by atoms with Gasteiger partial charge in [0, 0.05) is 54.7 Å². The Morgan fingerprint density at radius 3 is 2.61 bits per heavy atom. The van der Waals surface area contributed by atoms with Crippen molar-refractivity contribution in [2.45, 2.75) is 43.9 Å². The number of halogens is 5. The van der Waals surface area contributed by atoms with Crippen LogP contribution in [0.3, 0.4) is 0 Å². The fraction of sp³-hybridized carbons (Fsp3) is 0.433. The summed E-state index contributed by atoms with van der Waals surface area (Å²) in [6, 6.07) is 4.78. The number of aromatic nitrogens is 2. The predicted molar refractivity (Wildman–Crippen MR) is 156 cm³/mol. The first-order chi connectivity index (χ1) is 21.1. The lowest BCUT2D eigenvalue weighted by Gasteiger charge is -2.34. The summed E-state index contributed by atoms with van der Waals surface area (Å²) in [5.41, 5.74) is 2.92. The van der Waals surface area contributed by atoms with Gasteiger partial charge >= 0.3 is 12.2 Å². The van der Waals surface area contributed by atoms with Crippen molar-refractivity contribution >= 4 is 43.1 Å². The summed E-state index contributed by atoms with van der Waals surface area (Å²) in [6.45, 7) is 2.45. The van der Waals surface area contributed by atoms with Crippen LogP contribution in [0.2, 0.25) is 0 Å². The molecule has 5 heterocycles. The van der Waals surface area contributed by atoms with E-state index in [4.69, 9.17) is 15.2 Å². The second kappa shape index (κ2) is 11.0. The molecule has 2 aromatic carbocycles. The van der Waals surface area contributed by atoms with Crippen LogP contribution in [0.4, 0.5) is 32.8 Å². The fourth-order valence-electron chi connectivity index (χ4n) is 6.59. The van der Waals surface area contributed by atoms with Gasteiger partial charge in [-0.25, -0.2) is 8.78 Å². The molecule has 7 rings (SSSR count). The Labute approximate surface area is 252 Å². The zero-order valence-corrected chi connectivity index (χ0v) is 24.1. The number of nitrogens with one attached hydrogen (secondary N) is 1. The molecular weight excluding hydrogens is 603 g/mol. The van der Waals surface area contributed by atoms with Crippen molar-refractivity contribution in [3.05, 3.63) is 41.0 Å². The molecule has 3 fully saturated rings. The molecule has 3 aliphatic rings. The van der Waals surface area contributed by atoms with Crippen LogP contribution in [0.15, 0.2) is 18.2 Å². The van der Waals surface area contributed by atoms with E-state index in [0.717, 1.165) is 48.8 Å². The molecular formula is C30H27F5N6O2S. The van der Waals surface area contributed by atoms with E-state index in [-0.39, 0.29) is 67.6 Å². The number of hydrogen-bond acceptors (Lipinski definition) is 9. The third-order valence-corrected chi connectivity index (χ3v) is 9.72. The van der Waals surface area contributed by atoms with Crippen LogP contribution in [0.5, 0.6) is 6.01 Å². The van der Waals surface area contributed by atoms with Crippen molar-refractivity contribution in [1.82, 2.24) is 15.3 Å². The van der Waals surface area contributed by atoms with E-state index in [9.17, 15) is 22.8 Å². The molecule has 230 valence electrons. The molecule has 2 unspecified atom stereocenters. The zero-order valence-electron chi connectivity index (χ0n) is 23.3. The predicted octanol–water partition coefficient (Wildman–Crippen LogP) is 6.01. The third kappa shape index (κ3) is 4.96. The zero-order chi connectivity index (χ0) is 30.7. The maximum atomic E-state index is 16.8. The molecule has 3 saturated heterocycles. The van der Waals surface area contributed by atoms with Crippen LogP contribution >= 0.6 is 11.3 Å². The van der Waals surface area contributed by atoms with Gasteiger partial charge in [-0.2, -0.15) is 28.4 Å². The minimum absolute atomic E-state index is 0.0788. The largest absolute Gasteiger partial charge is 0.463 e. The number of thiophene rings is 1. The Balaban J connectivity index is 1.45. The quantitative estimate of drug-likeness (QED) is 0.250. The van der Waals surface area contributed by atoms with Crippen molar-refractivity contribution in [3.63, 3.8) is 0 Å². The highest BCUT2D eigenvalue weighted by Crippen LogP contribution is 2.48. The summed E-state index contributed by atoms with van der Waals surface area (Å²) >= 11 is 0.720. The second-order valence-electron chi connectivity index (χ2n) is 11.5. The maximum absolute atomic E-state index is 16.8. The van der Waals surface area contributed by atoms with E-state index in [1.165, 1.54) is 0 Å². The third-order valence-electron chi connectivity index (χ3n) is 8.69. The normalized spacial score (nSPS) is 21.8. The number of ether oxygens (including phenoxy) is 2. The molecule has 2 aromatic heterocycles. The lowest BCUT2D eigenvalue weighted by Crippen LogP contribution is -2.51.